The van der Waals surface area contributed by atoms with E-state index in [0.717, 1.165) is 42.3 Å². The van der Waals surface area contributed by atoms with Crippen LogP contribution >= 0.6 is 0 Å². The molecule has 1 aliphatic carbocycles. The van der Waals surface area contributed by atoms with Gasteiger partial charge in [-0.05, 0) is 49.6 Å². The molecule has 36 heavy (non-hydrogen) atoms. The van der Waals surface area contributed by atoms with Crippen LogP contribution < -0.4 is 14.8 Å². The molecule has 3 aliphatic rings. The van der Waals surface area contributed by atoms with Crippen LogP contribution in [0.25, 0.3) is 11.0 Å². The molecule has 1 atom stereocenters. The van der Waals surface area contributed by atoms with Crippen molar-refractivity contribution < 1.29 is 19.1 Å². The van der Waals surface area contributed by atoms with Gasteiger partial charge in [0.25, 0.3) is 5.91 Å². The smallest absolute Gasteiger partial charge is 0.291 e. The summed E-state index contributed by atoms with van der Waals surface area (Å²) in [6, 6.07) is 13.5. The molecule has 0 saturated heterocycles. The van der Waals surface area contributed by atoms with Crippen molar-refractivity contribution in [1.29, 1.82) is 0 Å². The predicted molar refractivity (Wildman–Crippen MR) is 135 cm³/mol. The highest BCUT2D eigenvalue weighted by molar-refractivity contribution is 6.01. The fraction of sp³-hybridized carbons (Fsp3) is 0.464. The maximum absolute atomic E-state index is 14.0. The first-order chi connectivity index (χ1) is 17.5. The Bertz CT molecular complexity index is 1310. The fourth-order valence-corrected chi connectivity index (χ4v) is 5.74. The minimum Gasteiger partial charge on any atom is -0.454 e. The molecule has 8 nitrogen and oxygen atoms in total. The number of carbonyl (C=O) groups excluding carboxylic acids is 2. The summed E-state index contributed by atoms with van der Waals surface area (Å²) in [6.07, 6.45) is 7.90. The molecule has 1 saturated carbocycles. The molecule has 0 bridgehead atoms. The monoisotopic (exact) mass is 488 g/mol. The molecular formula is C28H32N4O4. The minimum atomic E-state index is -1.08. The minimum absolute atomic E-state index is 0.106. The lowest BCUT2D eigenvalue weighted by molar-refractivity contribution is -0.134. The Balaban J connectivity index is 1.36. The Morgan fingerprint density at radius 1 is 1.06 bits per heavy atom. The summed E-state index contributed by atoms with van der Waals surface area (Å²) in [5.74, 6) is 1.37. The molecule has 2 aliphatic heterocycles. The summed E-state index contributed by atoms with van der Waals surface area (Å²) in [4.78, 5) is 34.3. The number of nitrogens with zero attached hydrogens (tertiary/aromatic N) is 3. The highest BCUT2D eigenvalue weighted by atomic mass is 16.7. The van der Waals surface area contributed by atoms with Crippen LogP contribution in [-0.4, -0.2) is 44.6 Å². The van der Waals surface area contributed by atoms with E-state index in [4.69, 9.17) is 9.47 Å². The zero-order valence-corrected chi connectivity index (χ0v) is 20.7. The van der Waals surface area contributed by atoms with Crippen LogP contribution in [0.1, 0.15) is 68.1 Å². The Hall–Kier alpha value is -3.55. The zero-order valence-electron chi connectivity index (χ0n) is 20.7. The van der Waals surface area contributed by atoms with Crippen LogP contribution in [0.2, 0.25) is 0 Å². The standard InChI is InChI=1S/C28H32N4O4/c1-28(27(34)29-20-9-5-3-2-4-6-10-20)17-31-22-12-8-7-11-21(22)30-25(31)26(33)32(28)16-19-13-14-23-24(15-19)36-18-35-23/h7-8,11-15,20H,2-6,9-10,16-18H2,1H3,(H,29,34). The summed E-state index contributed by atoms with van der Waals surface area (Å²) in [6.45, 7) is 2.69. The van der Waals surface area contributed by atoms with Crippen molar-refractivity contribution in [1.82, 2.24) is 19.8 Å². The molecule has 188 valence electrons. The lowest BCUT2D eigenvalue weighted by Crippen LogP contribution is -2.64. The number of aromatic nitrogens is 2. The molecule has 2 aromatic carbocycles. The van der Waals surface area contributed by atoms with Crippen molar-refractivity contribution in [2.45, 2.75) is 76.5 Å². The molecule has 3 heterocycles. The van der Waals surface area contributed by atoms with Crippen molar-refractivity contribution in [2.24, 2.45) is 0 Å². The van der Waals surface area contributed by atoms with Crippen LogP contribution in [-0.2, 0) is 17.9 Å². The average Bonchev–Trinajstić information content (AvgIpc) is 3.47. The van der Waals surface area contributed by atoms with Gasteiger partial charge < -0.3 is 24.3 Å². The Kier molecular flexibility index (Phi) is 5.82. The molecule has 6 rings (SSSR count). The van der Waals surface area contributed by atoms with E-state index in [0.29, 0.717) is 23.9 Å². The van der Waals surface area contributed by atoms with Gasteiger partial charge in [0.05, 0.1) is 17.6 Å². The van der Waals surface area contributed by atoms with E-state index in [1.165, 1.54) is 19.3 Å². The second kappa shape index (κ2) is 9.15. The molecule has 1 unspecified atom stereocenters. The number of rotatable bonds is 4. The van der Waals surface area contributed by atoms with Crippen molar-refractivity contribution in [3.8, 4) is 11.5 Å². The van der Waals surface area contributed by atoms with E-state index in [9.17, 15) is 9.59 Å². The third-order valence-electron chi connectivity index (χ3n) is 7.86. The molecule has 1 aromatic heterocycles. The van der Waals surface area contributed by atoms with Gasteiger partial charge in [0.1, 0.15) is 5.54 Å². The first-order valence-corrected chi connectivity index (χ1v) is 13.0. The molecule has 3 aromatic rings. The van der Waals surface area contributed by atoms with Gasteiger partial charge in [-0.25, -0.2) is 4.98 Å². The van der Waals surface area contributed by atoms with Crippen LogP contribution in [0.15, 0.2) is 42.5 Å². The van der Waals surface area contributed by atoms with Crippen LogP contribution in [0.3, 0.4) is 0 Å². The Labute approximate surface area is 210 Å². The lowest BCUT2D eigenvalue weighted by Gasteiger charge is -2.44. The summed E-state index contributed by atoms with van der Waals surface area (Å²) < 4.78 is 12.9. The summed E-state index contributed by atoms with van der Waals surface area (Å²) in [5, 5.41) is 3.33. The van der Waals surface area contributed by atoms with Gasteiger partial charge in [-0.1, -0.05) is 50.3 Å². The summed E-state index contributed by atoms with van der Waals surface area (Å²) >= 11 is 0. The van der Waals surface area contributed by atoms with Crippen LogP contribution in [0.4, 0.5) is 0 Å². The molecular weight excluding hydrogens is 456 g/mol. The van der Waals surface area contributed by atoms with Gasteiger partial charge in [-0.15, -0.1) is 0 Å². The van der Waals surface area contributed by atoms with Gasteiger partial charge in [0.2, 0.25) is 12.7 Å². The van der Waals surface area contributed by atoms with E-state index in [1.807, 2.05) is 54.0 Å². The molecule has 8 heteroatoms. The Morgan fingerprint density at radius 2 is 1.81 bits per heavy atom. The summed E-state index contributed by atoms with van der Waals surface area (Å²) in [5.41, 5.74) is 1.43. The maximum atomic E-state index is 14.0. The fourth-order valence-electron chi connectivity index (χ4n) is 5.74. The van der Waals surface area contributed by atoms with E-state index in [1.54, 1.807) is 4.90 Å². The molecule has 0 radical (unpaired) electrons. The SMILES string of the molecule is CC1(C(=O)NC2CCCCCCC2)Cn2c(nc3ccccc32)C(=O)N1Cc1ccc2c(c1)OCO2. The number of benzene rings is 2. The third-order valence-corrected chi connectivity index (χ3v) is 7.86. The first kappa shape index (κ1) is 22.9. The van der Waals surface area contributed by atoms with Crippen LogP contribution in [0, 0.1) is 0 Å². The first-order valence-electron chi connectivity index (χ1n) is 13.0. The largest absolute Gasteiger partial charge is 0.454 e. The van der Waals surface area contributed by atoms with Crippen molar-refractivity contribution in [3.05, 3.63) is 53.9 Å². The molecule has 1 N–H and O–H groups in total. The topological polar surface area (TPSA) is 85.7 Å². The number of carbonyl (C=O) groups is 2. The van der Waals surface area contributed by atoms with E-state index in [-0.39, 0.29) is 31.2 Å². The number of ether oxygens (including phenoxy) is 2. The Morgan fingerprint density at radius 3 is 2.64 bits per heavy atom. The van der Waals surface area contributed by atoms with Crippen molar-refractivity contribution >= 4 is 22.8 Å². The summed E-state index contributed by atoms with van der Waals surface area (Å²) in [7, 11) is 0. The third kappa shape index (κ3) is 3.98. The number of imidazole rings is 1. The van der Waals surface area contributed by atoms with Crippen molar-refractivity contribution in [3.63, 3.8) is 0 Å². The van der Waals surface area contributed by atoms with Gasteiger partial charge >= 0.3 is 0 Å². The maximum Gasteiger partial charge on any atom is 0.291 e. The van der Waals surface area contributed by atoms with Crippen molar-refractivity contribution in [2.75, 3.05) is 6.79 Å². The highest BCUT2D eigenvalue weighted by Crippen LogP contribution is 2.36. The van der Waals surface area contributed by atoms with Gasteiger partial charge in [0, 0.05) is 12.6 Å². The van der Waals surface area contributed by atoms with E-state index >= 15 is 0 Å². The quantitative estimate of drug-likeness (QED) is 0.588. The second-order valence-corrected chi connectivity index (χ2v) is 10.4. The number of hydrogen-bond acceptors (Lipinski definition) is 5. The number of fused-ring (bicyclic) bond motifs is 4. The second-order valence-electron chi connectivity index (χ2n) is 10.4. The normalized spacial score (nSPS) is 22.2. The van der Waals surface area contributed by atoms with Gasteiger partial charge in [-0.2, -0.15) is 0 Å². The predicted octanol–water partition coefficient (Wildman–Crippen LogP) is 4.41. The lowest BCUT2D eigenvalue weighted by atomic mass is 9.92. The molecule has 2 amide bonds. The van der Waals surface area contributed by atoms with E-state index < -0.39 is 5.54 Å². The van der Waals surface area contributed by atoms with E-state index in [2.05, 4.69) is 10.3 Å². The molecule has 1 fully saturated rings. The zero-order chi connectivity index (χ0) is 24.7. The average molecular weight is 489 g/mol. The van der Waals surface area contributed by atoms with Gasteiger partial charge in [0.15, 0.2) is 17.3 Å². The van der Waals surface area contributed by atoms with Crippen LogP contribution in [0.5, 0.6) is 11.5 Å². The number of para-hydroxylation sites is 2. The molecule has 0 spiro atoms. The number of hydrogen-bond donors (Lipinski definition) is 1. The number of amides is 2. The number of nitrogens with one attached hydrogen (secondary N) is 1. The highest BCUT2D eigenvalue weighted by Gasteiger charge is 2.48. The van der Waals surface area contributed by atoms with Gasteiger partial charge in [-0.3, -0.25) is 9.59 Å².